The average Bonchev–Trinajstić information content (AvgIpc) is 3.30. The molecule has 1 atom stereocenters. The number of phenolic OH excluding ortho intramolecular Hbond substituents is 1. The van der Waals surface area contributed by atoms with Gasteiger partial charge in [0.2, 0.25) is 0 Å². The Balaban J connectivity index is 0.00000300. The van der Waals surface area contributed by atoms with Crippen molar-refractivity contribution in [1.29, 1.82) is 0 Å². The zero-order valence-electron chi connectivity index (χ0n) is 17.5. The molecule has 7 nitrogen and oxygen atoms in total. The van der Waals surface area contributed by atoms with E-state index in [2.05, 4.69) is 28.4 Å². The van der Waals surface area contributed by atoms with E-state index >= 15 is 0 Å². The van der Waals surface area contributed by atoms with Crippen molar-refractivity contribution in [1.82, 2.24) is 20.0 Å². The smallest absolute Gasteiger partial charge is 0.194 e. The van der Waals surface area contributed by atoms with Gasteiger partial charge in [0, 0.05) is 32.9 Å². The van der Waals surface area contributed by atoms with Gasteiger partial charge in [0.25, 0.3) is 0 Å². The van der Waals surface area contributed by atoms with Crippen LogP contribution in [-0.2, 0) is 20.0 Å². The maximum Gasteiger partial charge on any atom is 0.194 e. The molecule has 3 rings (SSSR count). The fourth-order valence-corrected chi connectivity index (χ4v) is 3.62. The normalized spacial score (nSPS) is 16.6. The Kier molecular flexibility index (Phi) is 9.06. The number of hydrogen-bond donors (Lipinski definition) is 2. The molecule has 8 heteroatoms. The minimum Gasteiger partial charge on any atom is -0.504 e. The maximum atomic E-state index is 9.86. The standard InChI is InChI=1S/C21H31N5O2.HI/c1-4-22-21(23-12-16-6-7-19(27)20(11-16)28-5-2)26-9-8-17(15-26)10-18-13-24-25(3)14-18;/h6-7,11,13-14,17,27H,4-5,8-10,12,15H2,1-3H3,(H,22,23);1H. The molecule has 2 aromatic rings. The number of halogens is 1. The van der Waals surface area contributed by atoms with Gasteiger partial charge in [0.15, 0.2) is 17.5 Å². The van der Waals surface area contributed by atoms with Gasteiger partial charge in [-0.05, 0) is 55.9 Å². The van der Waals surface area contributed by atoms with E-state index in [9.17, 15) is 5.11 Å². The van der Waals surface area contributed by atoms with Gasteiger partial charge in [-0.2, -0.15) is 5.10 Å². The topological polar surface area (TPSA) is 74.9 Å². The number of phenols is 1. The number of hydrogen-bond acceptors (Lipinski definition) is 4. The molecule has 1 fully saturated rings. The highest BCUT2D eigenvalue weighted by molar-refractivity contribution is 14.0. The number of rotatable bonds is 7. The van der Waals surface area contributed by atoms with Crippen LogP contribution in [0.4, 0.5) is 0 Å². The second kappa shape index (κ2) is 11.3. The lowest BCUT2D eigenvalue weighted by atomic mass is 10.0. The number of benzene rings is 1. The maximum absolute atomic E-state index is 9.86. The highest BCUT2D eigenvalue weighted by Crippen LogP contribution is 2.27. The van der Waals surface area contributed by atoms with Crippen molar-refractivity contribution in [2.24, 2.45) is 18.0 Å². The van der Waals surface area contributed by atoms with Gasteiger partial charge in [0.1, 0.15) is 0 Å². The predicted octanol–water partition coefficient (Wildman–Crippen LogP) is 3.17. The van der Waals surface area contributed by atoms with Gasteiger partial charge in [-0.15, -0.1) is 24.0 Å². The Morgan fingerprint density at radius 2 is 2.17 bits per heavy atom. The first-order valence-electron chi connectivity index (χ1n) is 10.0. The predicted molar refractivity (Wildman–Crippen MR) is 126 cm³/mol. The van der Waals surface area contributed by atoms with Crippen LogP contribution in [0.1, 0.15) is 31.4 Å². The zero-order chi connectivity index (χ0) is 19.9. The van der Waals surface area contributed by atoms with Crippen LogP contribution in [0.3, 0.4) is 0 Å². The van der Waals surface area contributed by atoms with E-state index in [1.165, 1.54) is 5.56 Å². The number of ether oxygens (including phenoxy) is 1. The highest BCUT2D eigenvalue weighted by Gasteiger charge is 2.25. The van der Waals surface area contributed by atoms with Gasteiger partial charge in [-0.3, -0.25) is 4.68 Å². The molecule has 0 bridgehead atoms. The summed E-state index contributed by atoms with van der Waals surface area (Å²) in [6.07, 6.45) is 6.28. The molecule has 2 heterocycles. The quantitative estimate of drug-likeness (QED) is 0.338. The number of nitrogens with one attached hydrogen (secondary N) is 1. The van der Waals surface area contributed by atoms with Crippen LogP contribution < -0.4 is 10.1 Å². The molecule has 1 aliphatic rings. The summed E-state index contributed by atoms with van der Waals surface area (Å²) in [6.45, 7) is 7.91. The monoisotopic (exact) mass is 513 g/mol. The lowest BCUT2D eigenvalue weighted by molar-refractivity contribution is 0.318. The summed E-state index contributed by atoms with van der Waals surface area (Å²) in [5.74, 6) is 2.24. The summed E-state index contributed by atoms with van der Waals surface area (Å²) < 4.78 is 7.34. The second-order valence-corrected chi connectivity index (χ2v) is 7.23. The molecule has 0 radical (unpaired) electrons. The molecule has 160 valence electrons. The van der Waals surface area contributed by atoms with Crippen LogP contribution in [0.15, 0.2) is 35.6 Å². The first-order chi connectivity index (χ1) is 13.6. The van der Waals surface area contributed by atoms with E-state index in [1.54, 1.807) is 6.07 Å². The zero-order valence-corrected chi connectivity index (χ0v) is 19.8. The first-order valence-corrected chi connectivity index (χ1v) is 10.0. The summed E-state index contributed by atoms with van der Waals surface area (Å²) in [5.41, 5.74) is 2.31. The van der Waals surface area contributed by atoms with E-state index in [-0.39, 0.29) is 29.7 Å². The average molecular weight is 513 g/mol. The van der Waals surface area contributed by atoms with Crippen molar-refractivity contribution < 1.29 is 9.84 Å². The molecule has 0 saturated carbocycles. The summed E-state index contributed by atoms with van der Waals surface area (Å²) in [7, 11) is 1.96. The third kappa shape index (κ3) is 6.52. The SMILES string of the molecule is CCNC(=NCc1ccc(O)c(OCC)c1)N1CCC(Cc2cnn(C)c2)C1.I. The lowest BCUT2D eigenvalue weighted by Gasteiger charge is -2.21. The Morgan fingerprint density at radius 1 is 1.34 bits per heavy atom. The molecule has 1 saturated heterocycles. The Morgan fingerprint density at radius 3 is 2.86 bits per heavy atom. The van der Waals surface area contributed by atoms with E-state index in [0.717, 1.165) is 44.0 Å². The van der Waals surface area contributed by atoms with Crippen LogP contribution in [0.5, 0.6) is 11.5 Å². The molecule has 1 unspecified atom stereocenters. The van der Waals surface area contributed by atoms with Crippen molar-refractivity contribution in [3.8, 4) is 11.5 Å². The lowest BCUT2D eigenvalue weighted by Crippen LogP contribution is -2.40. The third-order valence-corrected chi connectivity index (χ3v) is 4.94. The highest BCUT2D eigenvalue weighted by atomic mass is 127. The minimum atomic E-state index is 0. The van der Waals surface area contributed by atoms with Gasteiger partial charge in [0.05, 0.1) is 19.3 Å². The largest absolute Gasteiger partial charge is 0.504 e. The molecule has 1 aromatic heterocycles. The van der Waals surface area contributed by atoms with Gasteiger partial charge < -0.3 is 20.1 Å². The number of likely N-dealkylation sites (tertiary alicyclic amines) is 1. The fraction of sp³-hybridized carbons (Fsp3) is 0.524. The third-order valence-electron chi connectivity index (χ3n) is 4.94. The summed E-state index contributed by atoms with van der Waals surface area (Å²) in [6, 6.07) is 5.42. The van der Waals surface area contributed by atoms with Crippen molar-refractivity contribution in [3.63, 3.8) is 0 Å². The van der Waals surface area contributed by atoms with Crippen molar-refractivity contribution in [2.75, 3.05) is 26.2 Å². The van der Waals surface area contributed by atoms with Crippen LogP contribution >= 0.6 is 24.0 Å². The summed E-state index contributed by atoms with van der Waals surface area (Å²) >= 11 is 0. The van der Waals surface area contributed by atoms with Crippen LogP contribution in [0.25, 0.3) is 0 Å². The number of guanidine groups is 1. The summed E-state index contributed by atoms with van der Waals surface area (Å²) in [4.78, 5) is 7.16. The molecule has 0 amide bonds. The second-order valence-electron chi connectivity index (χ2n) is 7.23. The van der Waals surface area contributed by atoms with Crippen molar-refractivity contribution >= 4 is 29.9 Å². The number of aryl methyl sites for hydroxylation is 1. The van der Waals surface area contributed by atoms with Crippen LogP contribution in [0, 0.1) is 5.92 Å². The summed E-state index contributed by atoms with van der Waals surface area (Å²) in [5, 5.41) is 17.5. The van der Waals surface area contributed by atoms with Gasteiger partial charge in [-0.25, -0.2) is 4.99 Å². The Hall–Kier alpha value is -1.97. The molecule has 0 spiro atoms. The van der Waals surface area contributed by atoms with E-state index in [0.29, 0.717) is 24.8 Å². The Labute approximate surface area is 190 Å². The minimum absolute atomic E-state index is 0. The van der Waals surface area contributed by atoms with E-state index < -0.39 is 0 Å². The molecule has 1 aliphatic heterocycles. The number of aliphatic imine (C=N–C) groups is 1. The molecular weight excluding hydrogens is 481 g/mol. The first kappa shape index (κ1) is 23.3. The number of aromatic nitrogens is 2. The van der Waals surface area contributed by atoms with Crippen LogP contribution in [0.2, 0.25) is 0 Å². The molecule has 2 N–H and O–H groups in total. The molecule has 29 heavy (non-hydrogen) atoms. The van der Waals surface area contributed by atoms with Crippen molar-refractivity contribution in [3.05, 3.63) is 41.7 Å². The number of aromatic hydroxyl groups is 1. The fourth-order valence-electron chi connectivity index (χ4n) is 3.62. The molecule has 1 aromatic carbocycles. The Bertz CT molecular complexity index is 808. The van der Waals surface area contributed by atoms with Gasteiger partial charge >= 0.3 is 0 Å². The molecule has 0 aliphatic carbocycles. The van der Waals surface area contributed by atoms with E-state index in [4.69, 9.17) is 9.73 Å². The molecular formula is C21H32IN5O2. The van der Waals surface area contributed by atoms with Crippen LogP contribution in [-0.4, -0.2) is 52.0 Å². The van der Waals surface area contributed by atoms with E-state index in [1.807, 2.05) is 37.0 Å². The van der Waals surface area contributed by atoms with Crippen molar-refractivity contribution in [2.45, 2.75) is 33.2 Å². The van der Waals surface area contributed by atoms with Gasteiger partial charge in [-0.1, -0.05) is 6.07 Å². The number of nitrogens with zero attached hydrogens (tertiary/aromatic N) is 4.